The molecule has 1 N–H and O–H groups in total. The minimum Gasteiger partial charge on any atom is -0.478 e. The summed E-state index contributed by atoms with van der Waals surface area (Å²) in [6.45, 7) is 0. The summed E-state index contributed by atoms with van der Waals surface area (Å²) in [5.74, 6) is -1.04. The molecular formula is C14H9FN2O2S. The largest absolute Gasteiger partial charge is 0.478 e. The molecule has 100 valence electrons. The van der Waals surface area contributed by atoms with Crippen LogP contribution in [0.1, 0.15) is 21.5 Å². The summed E-state index contributed by atoms with van der Waals surface area (Å²) in [6.07, 6.45) is 1.27. The molecule has 0 bridgehead atoms. The topological polar surface area (TPSA) is 74.0 Å². The van der Waals surface area contributed by atoms with Crippen molar-refractivity contribution in [3.8, 4) is 6.07 Å². The fraction of sp³-hybridized carbons (Fsp3) is 0.0714. The lowest BCUT2D eigenvalue weighted by Crippen LogP contribution is -1.97. The lowest BCUT2D eigenvalue weighted by molar-refractivity contribution is 0.0696. The zero-order valence-electron chi connectivity index (χ0n) is 10.2. The van der Waals surface area contributed by atoms with Gasteiger partial charge in [0.15, 0.2) is 0 Å². The molecule has 0 aliphatic heterocycles. The number of nitriles is 1. The Morgan fingerprint density at radius 3 is 2.80 bits per heavy atom. The third-order valence-electron chi connectivity index (χ3n) is 2.55. The van der Waals surface area contributed by atoms with Gasteiger partial charge in [0.2, 0.25) is 0 Å². The number of pyridine rings is 1. The Labute approximate surface area is 118 Å². The van der Waals surface area contributed by atoms with E-state index < -0.39 is 11.8 Å². The highest BCUT2D eigenvalue weighted by Gasteiger charge is 2.07. The first-order valence-corrected chi connectivity index (χ1v) is 6.59. The molecule has 1 aromatic heterocycles. The number of benzene rings is 1. The Bertz CT molecular complexity index is 681. The molecule has 0 unspecified atom stereocenters. The van der Waals surface area contributed by atoms with Gasteiger partial charge in [0.25, 0.3) is 0 Å². The van der Waals surface area contributed by atoms with Crippen LogP contribution >= 0.6 is 11.8 Å². The van der Waals surface area contributed by atoms with Crippen molar-refractivity contribution in [2.45, 2.75) is 10.8 Å². The highest BCUT2D eigenvalue weighted by Crippen LogP contribution is 2.23. The van der Waals surface area contributed by atoms with Gasteiger partial charge < -0.3 is 5.11 Å². The van der Waals surface area contributed by atoms with Crippen LogP contribution < -0.4 is 0 Å². The number of nitrogens with zero attached hydrogens (tertiary/aromatic N) is 2. The van der Waals surface area contributed by atoms with Gasteiger partial charge in [0.1, 0.15) is 5.82 Å². The summed E-state index contributed by atoms with van der Waals surface area (Å²) in [5, 5.41) is 18.3. The molecule has 0 aliphatic carbocycles. The van der Waals surface area contributed by atoms with E-state index in [-0.39, 0.29) is 5.56 Å². The second kappa shape index (κ2) is 6.17. The third kappa shape index (κ3) is 3.33. The quantitative estimate of drug-likeness (QED) is 0.875. The third-order valence-corrected chi connectivity index (χ3v) is 3.54. The van der Waals surface area contributed by atoms with Crippen LogP contribution in [0.3, 0.4) is 0 Å². The molecule has 20 heavy (non-hydrogen) atoms. The second-order valence-electron chi connectivity index (χ2n) is 3.89. The average Bonchev–Trinajstić information content (AvgIpc) is 2.45. The lowest BCUT2D eigenvalue weighted by atomic mass is 10.1. The summed E-state index contributed by atoms with van der Waals surface area (Å²) in [7, 11) is 0. The normalized spacial score (nSPS) is 10.0. The van der Waals surface area contributed by atoms with Crippen LogP contribution in [0, 0.1) is 17.1 Å². The Balaban J connectivity index is 2.11. The zero-order chi connectivity index (χ0) is 14.5. The van der Waals surface area contributed by atoms with Crippen LogP contribution in [0.5, 0.6) is 0 Å². The summed E-state index contributed by atoms with van der Waals surface area (Å²) >= 11 is 1.31. The first-order valence-electron chi connectivity index (χ1n) is 5.61. The van der Waals surface area contributed by atoms with Gasteiger partial charge in [-0.1, -0.05) is 0 Å². The second-order valence-corrected chi connectivity index (χ2v) is 4.89. The summed E-state index contributed by atoms with van der Waals surface area (Å²) in [4.78, 5) is 14.7. The molecule has 0 spiro atoms. The average molecular weight is 288 g/mol. The maximum atomic E-state index is 13.2. The molecule has 6 heteroatoms. The fourth-order valence-electron chi connectivity index (χ4n) is 1.53. The molecule has 0 amide bonds. The van der Waals surface area contributed by atoms with Gasteiger partial charge in [0.05, 0.1) is 22.2 Å². The van der Waals surface area contributed by atoms with Gasteiger partial charge in [0, 0.05) is 11.9 Å². The smallest absolute Gasteiger partial charge is 0.337 e. The van der Waals surface area contributed by atoms with Crippen LogP contribution in [0.15, 0.2) is 41.6 Å². The highest BCUT2D eigenvalue weighted by atomic mass is 32.2. The number of thioether (sulfide) groups is 1. The molecule has 2 rings (SSSR count). The van der Waals surface area contributed by atoms with E-state index in [0.29, 0.717) is 21.9 Å². The van der Waals surface area contributed by atoms with Crippen molar-refractivity contribution in [3.63, 3.8) is 0 Å². The molecule has 0 fully saturated rings. The molecule has 0 aliphatic rings. The van der Waals surface area contributed by atoms with Crippen LogP contribution in [-0.4, -0.2) is 16.1 Å². The predicted octanol–water partition coefficient (Wildman–Crippen LogP) is 3.08. The number of hydrogen-bond acceptors (Lipinski definition) is 4. The van der Waals surface area contributed by atoms with E-state index in [0.717, 1.165) is 0 Å². The first kappa shape index (κ1) is 14.0. The minimum absolute atomic E-state index is 0.109. The molecule has 2 aromatic rings. The summed E-state index contributed by atoms with van der Waals surface area (Å²) in [6, 6.07) is 9.04. The Morgan fingerprint density at radius 1 is 1.40 bits per heavy atom. The Kier molecular flexibility index (Phi) is 4.33. The first-order chi connectivity index (χ1) is 9.60. The van der Waals surface area contributed by atoms with Crippen molar-refractivity contribution >= 4 is 17.7 Å². The van der Waals surface area contributed by atoms with E-state index in [1.54, 1.807) is 6.07 Å². The molecule has 1 heterocycles. The fourth-order valence-corrected chi connectivity index (χ4v) is 2.37. The van der Waals surface area contributed by atoms with Crippen molar-refractivity contribution in [1.29, 1.82) is 5.26 Å². The molecular weight excluding hydrogens is 279 g/mol. The number of hydrogen-bond donors (Lipinski definition) is 1. The van der Waals surface area contributed by atoms with Gasteiger partial charge in [-0.2, -0.15) is 5.26 Å². The molecule has 0 saturated carbocycles. The summed E-state index contributed by atoms with van der Waals surface area (Å²) < 4.78 is 13.2. The minimum atomic E-state index is -1.04. The monoisotopic (exact) mass is 288 g/mol. The summed E-state index contributed by atoms with van der Waals surface area (Å²) in [5.41, 5.74) is 1.11. The number of halogens is 1. The van der Waals surface area contributed by atoms with E-state index in [4.69, 9.17) is 10.4 Å². The highest BCUT2D eigenvalue weighted by molar-refractivity contribution is 7.98. The van der Waals surface area contributed by atoms with Crippen LogP contribution in [0.2, 0.25) is 0 Å². The van der Waals surface area contributed by atoms with Crippen molar-refractivity contribution in [2.75, 3.05) is 0 Å². The SMILES string of the molecule is N#Cc1ccc(F)cc1CSc1ccc(C(=O)O)cn1. The van der Waals surface area contributed by atoms with Gasteiger partial charge in [-0.05, 0) is 35.9 Å². The van der Waals surface area contributed by atoms with E-state index in [9.17, 15) is 9.18 Å². The van der Waals surface area contributed by atoms with E-state index in [1.807, 2.05) is 6.07 Å². The Morgan fingerprint density at radius 2 is 2.20 bits per heavy atom. The maximum Gasteiger partial charge on any atom is 0.337 e. The van der Waals surface area contributed by atoms with E-state index >= 15 is 0 Å². The van der Waals surface area contributed by atoms with Crippen molar-refractivity contribution in [3.05, 3.63) is 59.0 Å². The molecule has 4 nitrogen and oxygen atoms in total. The number of carbonyl (C=O) groups is 1. The van der Waals surface area contributed by atoms with E-state index in [2.05, 4.69) is 4.98 Å². The number of aromatic carboxylic acids is 1. The van der Waals surface area contributed by atoms with Crippen LogP contribution in [-0.2, 0) is 5.75 Å². The molecule has 0 saturated heterocycles. The van der Waals surface area contributed by atoms with Gasteiger partial charge in [-0.25, -0.2) is 14.2 Å². The molecule has 0 radical (unpaired) electrons. The number of carboxylic acid groups (broad SMARTS) is 1. The van der Waals surface area contributed by atoms with Gasteiger partial charge >= 0.3 is 5.97 Å². The molecule has 0 atom stereocenters. The zero-order valence-corrected chi connectivity index (χ0v) is 11.0. The van der Waals surface area contributed by atoms with Crippen molar-refractivity contribution in [1.82, 2.24) is 4.98 Å². The predicted molar refractivity (Wildman–Crippen MR) is 71.9 cm³/mol. The van der Waals surface area contributed by atoms with Crippen LogP contribution in [0.4, 0.5) is 4.39 Å². The maximum absolute atomic E-state index is 13.2. The standard InChI is InChI=1S/C14H9FN2O2S/c15-12-3-1-9(6-16)11(5-12)8-20-13-4-2-10(7-17-13)14(18)19/h1-5,7H,8H2,(H,18,19). The van der Waals surface area contributed by atoms with Gasteiger partial charge in [-0.3, -0.25) is 0 Å². The number of aromatic nitrogens is 1. The lowest BCUT2D eigenvalue weighted by Gasteiger charge is -2.04. The van der Waals surface area contributed by atoms with E-state index in [1.165, 1.54) is 42.2 Å². The number of rotatable bonds is 4. The Hall–Kier alpha value is -2.39. The number of carboxylic acids is 1. The van der Waals surface area contributed by atoms with Crippen LogP contribution in [0.25, 0.3) is 0 Å². The van der Waals surface area contributed by atoms with Crippen molar-refractivity contribution < 1.29 is 14.3 Å². The molecule has 1 aromatic carbocycles. The van der Waals surface area contributed by atoms with Gasteiger partial charge in [-0.15, -0.1) is 11.8 Å². The van der Waals surface area contributed by atoms with Crippen molar-refractivity contribution in [2.24, 2.45) is 0 Å².